The normalized spacial score (nSPS) is 17.6. The van der Waals surface area contributed by atoms with Gasteiger partial charge in [0.2, 0.25) is 11.8 Å². The Hall–Kier alpha value is -3.85. The first kappa shape index (κ1) is 21.0. The number of carbonyl (C=O) groups is 2. The van der Waals surface area contributed by atoms with Gasteiger partial charge in [-0.1, -0.05) is 6.07 Å². The van der Waals surface area contributed by atoms with Crippen LogP contribution in [0.15, 0.2) is 48.7 Å². The molecular formula is C24H24N6O3. The zero-order valence-corrected chi connectivity index (χ0v) is 18.0. The van der Waals surface area contributed by atoms with Gasteiger partial charge >= 0.3 is 0 Å². The molecule has 9 nitrogen and oxygen atoms in total. The maximum atomic E-state index is 11.8. The summed E-state index contributed by atoms with van der Waals surface area (Å²) in [7, 11) is 0. The molecule has 2 aliphatic rings. The van der Waals surface area contributed by atoms with Gasteiger partial charge in [0.05, 0.1) is 11.7 Å². The van der Waals surface area contributed by atoms with Gasteiger partial charge in [-0.3, -0.25) is 9.59 Å². The van der Waals surface area contributed by atoms with Crippen LogP contribution < -0.4 is 21.1 Å². The Morgan fingerprint density at radius 3 is 2.58 bits per heavy atom. The minimum absolute atomic E-state index is 0.0355. The van der Waals surface area contributed by atoms with Crippen molar-refractivity contribution in [3.63, 3.8) is 0 Å². The van der Waals surface area contributed by atoms with E-state index in [0.29, 0.717) is 54.1 Å². The first-order chi connectivity index (χ1) is 16.0. The standard InChI is InChI=1S/C24H24N6O3/c25-22(31)20-11-17(13-27-19-9-10-26-24(19)32)29-23(30-20)15-3-6-18(7-4-15)33-21-8-5-16(12-28-21)14-1-2-14/h3-8,11-12,14,19,27H,1-2,9-10,13H2,(H2,25,31)(H,26,32). The average molecular weight is 444 g/mol. The number of aromatic nitrogens is 3. The number of rotatable bonds is 8. The molecule has 2 aromatic heterocycles. The van der Waals surface area contributed by atoms with Crippen molar-refractivity contribution in [1.82, 2.24) is 25.6 Å². The number of pyridine rings is 1. The summed E-state index contributed by atoms with van der Waals surface area (Å²) < 4.78 is 5.84. The molecule has 0 bridgehead atoms. The first-order valence-corrected chi connectivity index (χ1v) is 11.0. The summed E-state index contributed by atoms with van der Waals surface area (Å²) in [5.74, 6) is 1.51. The molecule has 0 radical (unpaired) electrons. The van der Waals surface area contributed by atoms with Crippen molar-refractivity contribution < 1.29 is 14.3 Å². The quantitative estimate of drug-likeness (QED) is 0.486. The molecule has 1 unspecified atom stereocenters. The highest BCUT2D eigenvalue weighted by molar-refractivity contribution is 5.91. The number of carbonyl (C=O) groups excluding carboxylic acids is 2. The predicted octanol–water partition coefficient (Wildman–Crippen LogP) is 2.29. The maximum absolute atomic E-state index is 11.8. The van der Waals surface area contributed by atoms with Crippen LogP contribution >= 0.6 is 0 Å². The Kier molecular flexibility index (Phi) is 5.70. The van der Waals surface area contributed by atoms with Crippen LogP contribution in [0.4, 0.5) is 0 Å². The fourth-order valence-electron chi connectivity index (χ4n) is 3.76. The Morgan fingerprint density at radius 1 is 1.12 bits per heavy atom. The number of benzene rings is 1. The second kappa shape index (κ2) is 8.95. The average Bonchev–Trinajstić information content (AvgIpc) is 3.60. The molecule has 1 aliphatic heterocycles. The summed E-state index contributed by atoms with van der Waals surface area (Å²) in [4.78, 5) is 36.8. The molecule has 1 aliphatic carbocycles. The minimum atomic E-state index is -0.640. The highest BCUT2D eigenvalue weighted by Crippen LogP contribution is 2.40. The van der Waals surface area contributed by atoms with E-state index in [1.807, 2.05) is 24.4 Å². The highest BCUT2D eigenvalue weighted by atomic mass is 16.5. The second-order valence-electron chi connectivity index (χ2n) is 8.28. The van der Waals surface area contributed by atoms with Crippen LogP contribution in [-0.2, 0) is 11.3 Å². The fourth-order valence-corrected chi connectivity index (χ4v) is 3.76. The third kappa shape index (κ3) is 4.98. The van der Waals surface area contributed by atoms with Crippen LogP contribution in [0.3, 0.4) is 0 Å². The molecule has 4 N–H and O–H groups in total. The summed E-state index contributed by atoms with van der Waals surface area (Å²) in [6.45, 7) is 0.963. The summed E-state index contributed by atoms with van der Waals surface area (Å²) in [6, 6.07) is 12.4. The van der Waals surface area contributed by atoms with Crippen molar-refractivity contribution in [2.45, 2.75) is 37.8 Å². The molecule has 33 heavy (non-hydrogen) atoms. The highest BCUT2D eigenvalue weighted by Gasteiger charge is 2.24. The van der Waals surface area contributed by atoms with Gasteiger partial charge in [0.15, 0.2) is 5.82 Å². The number of nitrogens with zero attached hydrogens (tertiary/aromatic N) is 3. The summed E-state index contributed by atoms with van der Waals surface area (Å²) in [6.07, 6.45) is 5.04. The monoisotopic (exact) mass is 444 g/mol. The maximum Gasteiger partial charge on any atom is 0.267 e. The predicted molar refractivity (Wildman–Crippen MR) is 121 cm³/mol. The van der Waals surface area contributed by atoms with Crippen molar-refractivity contribution in [3.05, 3.63) is 65.6 Å². The lowest BCUT2D eigenvalue weighted by molar-refractivity contribution is -0.120. The Bertz CT molecular complexity index is 1180. The van der Waals surface area contributed by atoms with Gasteiger partial charge in [-0.05, 0) is 61.1 Å². The summed E-state index contributed by atoms with van der Waals surface area (Å²) in [5, 5.41) is 5.94. The summed E-state index contributed by atoms with van der Waals surface area (Å²) >= 11 is 0. The molecule has 2 amide bonds. The van der Waals surface area contributed by atoms with Gasteiger partial charge in [-0.2, -0.15) is 0 Å². The van der Waals surface area contributed by atoms with E-state index >= 15 is 0 Å². The SMILES string of the molecule is NC(=O)c1cc(CNC2CCNC2=O)nc(-c2ccc(Oc3ccc(C4CC4)cn3)cc2)n1. The van der Waals surface area contributed by atoms with Crippen molar-refractivity contribution in [3.8, 4) is 23.0 Å². The Morgan fingerprint density at radius 2 is 1.94 bits per heavy atom. The Balaban J connectivity index is 1.31. The van der Waals surface area contributed by atoms with E-state index in [0.717, 1.165) is 0 Å². The number of primary amides is 1. The lowest BCUT2D eigenvalue weighted by Crippen LogP contribution is -2.36. The van der Waals surface area contributed by atoms with Gasteiger partial charge in [-0.15, -0.1) is 0 Å². The van der Waals surface area contributed by atoms with E-state index < -0.39 is 5.91 Å². The third-order valence-corrected chi connectivity index (χ3v) is 5.75. The minimum Gasteiger partial charge on any atom is -0.439 e. The topological polar surface area (TPSA) is 132 Å². The lowest BCUT2D eigenvalue weighted by atomic mass is 10.2. The van der Waals surface area contributed by atoms with Crippen LogP contribution in [-0.4, -0.2) is 39.4 Å². The number of hydrogen-bond donors (Lipinski definition) is 3. The number of amides is 2. The van der Waals surface area contributed by atoms with Crippen LogP contribution in [0, 0.1) is 0 Å². The molecule has 0 spiro atoms. The van der Waals surface area contributed by atoms with Crippen LogP contribution in [0.1, 0.15) is 46.9 Å². The van der Waals surface area contributed by atoms with Crippen LogP contribution in [0.2, 0.25) is 0 Å². The molecule has 1 saturated carbocycles. The van der Waals surface area contributed by atoms with Crippen LogP contribution in [0.5, 0.6) is 11.6 Å². The number of nitrogens with two attached hydrogens (primary N) is 1. The summed E-state index contributed by atoms with van der Waals surface area (Å²) in [5.41, 5.74) is 8.13. The van der Waals surface area contributed by atoms with Crippen molar-refractivity contribution in [2.75, 3.05) is 6.54 Å². The van der Waals surface area contributed by atoms with Crippen LogP contribution in [0.25, 0.3) is 11.4 Å². The largest absolute Gasteiger partial charge is 0.439 e. The fraction of sp³-hybridized carbons (Fsp3) is 0.292. The third-order valence-electron chi connectivity index (χ3n) is 5.75. The zero-order chi connectivity index (χ0) is 22.8. The van der Waals surface area contributed by atoms with E-state index in [4.69, 9.17) is 10.5 Å². The Labute approximate surface area is 190 Å². The van der Waals surface area contributed by atoms with Crippen molar-refractivity contribution >= 4 is 11.8 Å². The van der Waals surface area contributed by atoms with E-state index in [2.05, 4.69) is 31.7 Å². The second-order valence-corrected chi connectivity index (χ2v) is 8.28. The van der Waals surface area contributed by atoms with E-state index in [1.54, 1.807) is 18.2 Å². The molecule has 168 valence electrons. The molecule has 3 heterocycles. The smallest absolute Gasteiger partial charge is 0.267 e. The van der Waals surface area contributed by atoms with E-state index in [1.165, 1.54) is 18.4 Å². The van der Waals surface area contributed by atoms with Crippen molar-refractivity contribution in [1.29, 1.82) is 0 Å². The van der Waals surface area contributed by atoms with Gasteiger partial charge in [-0.25, -0.2) is 15.0 Å². The van der Waals surface area contributed by atoms with Gasteiger partial charge in [0.1, 0.15) is 11.4 Å². The number of ether oxygens (including phenoxy) is 1. The lowest BCUT2D eigenvalue weighted by Gasteiger charge is -2.11. The molecule has 1 atom stereocenters. The molecule has 1 saturated heterocycles. The van der Waals surface area contributed by atoms with E-state index in [9.17, 15) is 9.59 Å². The van der Waals surface area contributed by atoms with E-state index in [-0.39, 0.29) is 17.6 Å². The molecule has 5 rings (SSSR count). The zero-order valence-electron chi connectivity index (χ0n) is 18.0. The molecule has 2 fully saturated rings. The molecule has 3 aromatic rings. The molecule has 9 heteroatoms. The first-order valence-electron chi connectivity index (χ1n) is 11.0. The molecule has 1 aromatic carbocycles. The van der Waals surface area contributed by atoms with Crippen molar-refractivity contribution in [2.24, 2.45) is 5.73 Å². The van der Waals surface area contributed by atoms with Gasteiger partial charge in [0, 0.05) is 30.9 Å². The number of hydrogen-bond acceptors (Lipinski definition) is 7. The van der Waals surface area contributed by atoms with Gasteiger partial charge < -0.3 is 21.1 Å². The van der Waals surface area contributed by atoms with Gasteiger partial charge in [0.25, 0.3) is 5.91 Å². The number of nitrogens with one attached hydrogen (secondary N) is 2. The molecular weight excluding hydrogens is 420 g/mol.